The predicted molar refractivity (Wildman–Crippen MR) is 74.4 cm³/mol. The Hall–Kier alpha value is -2.47. The van der Waals surface area contributed by atoms with Crippen LogP contribution in [0.3, 0.4) is 0 Å². The molecular weight excluding hydrogens is 262 g/mol. The van der Waals surface area contributed by atoms with Crippen LogP contribution in [0.15, 0.2) is 36.6 Å². The molecule has 1 aromatic carbocycles. The molecule has 20 heavy (non-hydrogen) atoms. The maximum absolute atomic E-state index is 10.4. The second-order valence-electron chi connectivity index (χ2n) is 3.71. The molecule has 0 fully saturated rings. The molecule has 0 aliphatic heterocycles. The molecule has 0 heterocycles. The van der Waals surface area contributed by atoms with Gasteiger partial charge in [0.1, 0.15) is 17.2 Å². The third-order valence-corrected chi connectivity index (χ3v) is 2.37. The average molecular weight is 279 g/mol. The molecule has 0 spiro atoms. The van der Waals surface area contributed by atoms with Crippen LogP contribution in [0.5, 0.6) is 11.5 Å². The zero-order chi connectivity index (χ0) is 15.0. The van der Waals surface area contributed by atoms with Gasteiger partial charge in [-0.2, -0.15) is 0 Å². The first-order valence-electron chi connectivity index (χ1n) is 5.77. The fraction of sp³-hybridized carbons (Fsp3) is 0.214. The van der Waals surface area contributed by atoms with Gasteiger partial charge in [-0.1, -0.05) is 18.7 Å². The Morgan fingerprint density at radius 2 is 2.15 bits per heavy atom. The number of rotatable bonds is 8. The second-order valence-corrected chi connectivity index (χ2v) is 3.71. The van der Waals surface area contributed by atoms with Crippen LogP contribution in [0.2, 0.25) is 0 Å². The van der Waals surface area contributed by atoms with E-state index in [0.29, 0.717) is 11.5 Å². The Labute approximate surface area is 117 Å². The molecule has 0 bridgehead atoms. The minimum Gasteiger partial charge on any atom is -0.497 e. The highest BCUT2D eigenvalue weighted by molar-refractivity contribution is 5.84. The van der Waals surface area contributed by atoms with E-state index in [0.717, 1.165) is 5.56 Å². The fourth-order valence-electron chi connectivity index (χ4n) is 1.37. The maximum atomic E-state index is 10.4. The molecule has 0 aliphatic carbocycles. The Balaban J connectivity index is 2.57. The van der Waals surface area contributed by atoms with Crippen LogP contribution in [-0.4, -0.2) is 31.9 Å². The van der Waals surface area contributed by atoms with Crippen LogP contribution in [-0.2, 0) is 9.63 Å². The first-order chi connectivity index (χ1) is 9.58. The normalized spacial score (nSPS) is 10.3. The maximum Gasteiger partial charge on any atom is 0.353 e. The van der Waals surface area contributed by atoms with E-state index in [9.17, 15) is 4.79 Å². The summed E-state index contributed by atoms with van der Waals surface area (Å²) < 4.78 is 10.3. The number of hydrogen-bond donors (Lipinski definition) is 2. The van der Waals surface area contributed by atoms with E-state index < -0.39 is 5.97 Å². The first kappa shape index (κ1) is 15.6. The van der Waals surface area contributed by atoms with E-state index in [4.69, 9.17) is 19.4 Å². The van der Waals surface area contributed by atoms with Gasteiger partial charge < -0.3 is 14.6 Å². The third-order valence-electron chi connectivity index (χ3n) is 2.37. The van der Waals surface area contributed by atoms with Gasteiger partial charge in [0, 0.05) is 5.56 Å². The van der Waals surface area contributed by atoms with Gasteiger partial charge in [-0.05, 0) is 18.2 Å². The lowest BCUT2D eigenvalue weighted by atomic mass is 10.1. The van der Waals surface area contributed by atoms with Gasteiger partial charge in [0.15, 0.2) is 0 Å². The Morgan fingerprint density at radius 3 is 2.75 bits per heavy atom. The van der Waals surface area contributed by atoms with Crippen LogP contribution in [0, 0.1) is 0 Å². The number of hydroxylamine groups is 1. The summed E-state index contributed by atoms with van der Waals surface area (Å²) in [5.74, 6) is 0.247. The number of nitrogens with one attached hydrogen (secondary N) is 1. The van der Waals surface area contributed by atoms with Gasteiger partial charge in [0.05, 0.1) is 20.8 Å². The lowest BCUT2D eigenvalue weighted by molar-refractivity contribution is -0.134. The number of carboxylic acids is 1. The van der Waals surface area contributed by atoms with Gasteiger partial charge in [0.2, 0.25) is 0 Å². The summed E-state index contributed by atoms with van der Waals surface area (Å²) in [6.45, 7) is 3.44. The van der Waals surface area contributed by atoms with Crippen LogP contribution in [0.4, 0.5) is 0 Å². The van der Waals surface area contributed by atoms with Crippen molar-refractivity contribution in [1.82, 2.24) is 5.48 Å². The molecular formula is C14H17NO5. The van der Waals surface area contributed by atoms with Crippen molar-refractivity contribution in [1.29, 1.82) is 0 Å². The standard InChI is InChI=1S/C14H17NO5/c1-10(14(16)17)15-20-8-4-5-11-9-12(18-2)6-7-13(11)19-3/h4-7,9,15H,1,8H2,2-3H3,(H,16,17). The lowest BCUT2D eigenvalue weighted by Crippen LogP contribution is -2.19. The van der Waals surface area contributed by atoms with Crippen molar-refractivity contribution in [2.75, 3.05) is 20.8 Å². The minimum atomic E-state index is -1.16. The number of benzene rings is 1. The van der Waals surface area contributed by atoms with Gasteiger partial charge in [-0.15, -0.1) is 0 Å². The van der Waals surface area contributed by atoms with Crippen molar-refractivity contribution in [3.05, 3.63) is 42.1 Å². The molecule has 0 saturated heterocycles. The topological polar surface area (TPSA) is 77.0 Å². The number of carboxylic acid groups (broad SMARTS) is 1. The quantitative estimate of drug-likeness (QED) is 0.429. The Morgan fingerprint density at radius 1 is 1.40 bits per heavy atom. The van der Waals surface area contributed by atoms with E-state index in [2.05, 4.69) is 12.1 Å². The van der Waals surface area contributed by atoms with Crippen molar-refractivity contribution in [3.63, 3.8) is 0 Å². The van der Waals surface area contributed by atoms with Crippen LogP contribution >= 0.6 is 0 Å². The van der Waals surface area contributed by atoms with Crippen molar-refractivity contribution < 1.29 is 24.2 Å². The minimum absolute atomic E-state index is 0.173. The zero-order valence-electron chi connectivity index (χ0n) is 11.4. The van der Waals surface area contributed by atoms with Crippen molar-refractivity contribution >= 4 is 12.0 Å². The highest BCUT2D eigenvalue weighted by atomic mass is 16.6. The third kappa shape index (κ3) is 4.66. The molecule has 1 aromatic rings. The summed E-state index contributed by atoms with van der Waals surface area (Å²) in [6, 6.07) is 5.41. The van der Waals surface area contributed by atoms with Gasteiger partial charge in [0.25, 0.3) is 0 Å². The van der Waals surface area contributed by atoms with Crippen LogP contribution in [0.25, 0.3) is 6.08 Å². The van der Waals surface area contributed by atoms with E-state index in [1.165, 1.54) is 0 Å². The number of methoxy groups -OCH3 is 2. The molecule has 1 rings (SSSR count). The van der Waals surface area contributed by atoms with Gasteiger partial charge >= 0.3 is 5.97 Å². The van der Waals surface area contributed by atoms with E-state index in [1.807, 2.05) is 6.07 Å². The number of ether oxygens (including phenoxy) is 2. The zero-order valence-corrected chi connectivity index (χ0v) is 11.4. The smallest absolute Gasteiger partial charge is 0.353 e. The Bertz CT molecular complexity index is 510. The highest BCUT2D eigenvalue weighted by Crippen LogP contribution is 2.24. The number of hydrogen-bond acceptors (Lipinski definition) is 5. The lowest BCUT2D eigenvalue weighted by Gasteiger charge is -2.07. The number of carbonyl (C=O) groups is 1. The van der Waals surface area contributed by atoms with Crippen molar-refractivity contribution in [2.24, 2.45) is 0 Å². The molecule has 6 nitrogen and oxygen atoms in total. The molecule has 2 N–H and O–H groups in total. The summed E-state index contributed by atoms with van der Waals surface area (Å²) >= 11 is 0. The van der Waals surface area contributed by atoms with Gasteiger partial charge in [-0.3, -0.25) is 10.3 Å². The van der Waals surface area contributed by atoms with Crippen LogP contribution < -0.4 is 15.0 Å². The summed E-state index contributed by atoms with van der Waals surface area (Å²) in [6.07, 6.45) is 3.49. The van der Waals surface area contributed by atoms with Crippen molar-refractivity contribution in [2.45, 2.75) is 0 Å². The molecule has 0 atom stereocenters. The average Bonchev–Trinajstić information content (AvgIpc) is 2.46. The summed E-state index contributed by atoms with van der Waals surface area (Å²) in [5, 5.41) is 8.55. The largest absolute Gasteiger partial charge is 0.497 e. The van der Waals surface area contributed by atoms with E-state index >= 15 is 0 Å². The first-order valence-corrected chi connectivity index (χ1v) is 5.77. The molecule has 0 aliphatic rings. The van der Waals surface area contributed by atoms with Gasteiger partial charge in [-0.25, -0.2) is 4.79 Å². The van der Waals surface area contributed by atoms with Crippen LogP contribution in [0.1, 0.15) is 5.56 Å². The number of aliphatic carboxylic acids is 1. The monoisotopic (exact) mass is 279 g/mol. The summed E-state index contributed by atoms with van der Waals surface area (Å²) in [4.78, 5) is 15.4. The summed E-state index contributed by atoms with van der Waals surface area (Å²) in [7, 11) is 3.16. The molecule has 0 unspecified atom stereocenters. The molecule has 0 saturated carbocycles. The fourth-order valence-corrected chi connectivity index (χ4v) is 1.37. The molecule has 6 heteroatoms. The molecule has 108 valence electrons. The second kappa shape index (κ2) is 7.85. The van der Waals surface area contributed by atoms with Crippen molar-refractivity contribution in [3.8, 4) is 11.5 Å². The molecule has 0 radical (unpaired) electrons. The van der Waals surface area contributed by atoms with E-state index in [1.54, 1.807) is 38.5 Å². The highest BCUT2D eigenvalue weighted by Gasteiger charge is 2.02. The SMILES string of the molecule is C=C(NOCC=Cc1cc(OC)ccc1OC)C(=O)O. The molecule has 0 amide bonds. The molecule has 0 aromatic heterocycles. The Kier molecular flexibility index (Phi) is 6.12. The van der Waals surface area contributed by atoms with E-state index in [-0.39, 0.29) is 12.3 Å². The predicted octanol–water partition coefficient (Wildman–Crippen LogP) is 1.84. The summed E-state index contributed by atoms with van der Waals surface area (Å²) in [5.41, 5.74) is 2.82.